The van der Waals surface area contributed by atoms with Gasteiger partial charge in [0.2, 0.25) is 5.28 Å². The third-order valence-electron chi connectivity index (χ3n) is 1.56. The van der Waals surface area contributed by atoms with Gasteiger partial charge in [-0.2, -0.15) is 0 Å². The molecule has 0 spiro atoms. The number of rotatable bonds is 0. The predicted octanol–water partition coefficient (Wildman–Crippen LogP) is 1.69. The highest BCUT2D eigenvalue weighted by atomic mass is 35.5. The van der Waals surface area contributed by atoms with Gasteiger partial charge in [0.25, 0.3) is 0 Å². The molecule has 3 nitrogen and oxygen atoms in total. The lowest BCUT2D eigenvalue weighted by atomic mass is 10.5. The molecule has 2 aromatic rings. The fourth-order valence-electron chi connectivity index (χ4n) is 1.01. The van der Waals surface area contributed by atoms with Crippen LogP contribution in [0, 0.1) is 6.92 Å². The number of fused-ring (bicyclic) bond motifs is 1. The summed E-state index contributed by atoms with van der Waals surface area (Å²) >= 11 is 5.60. The third kappa shape index (κ3) is 0.973. The Balaban J connectivity index is 2.87. The van der Waals surface area contributed by atoms with Crippen LogP contribution in [0.1, 0.15) is 5.69 Å². The maximum Gasteiger partial charge on any atom is 0.241 e. The van der Waals surface area contributed by atoms with Crippen LogP contribution in [0.15, 0.2) is 18.3 Å². The van der Waals surface area contributed by atoms with Gasteiger partial charge in [-0.25, -0.2) is 9.50 Å². The number of nitrogens with zero attached hydrogens (tertiary/aromatic N) is 3. The molecule has 0 aliphatic rings. The van der Waals surface area contributed by atoms with Crippen molar-refractivity contribution in [2.75, 3.05) is 0 Å². The highest BCUT2D eigenvalue weighted by Crippen LogP contribution is 2.07. The maximum absolute atomic E-state index is 5.60. The van der Waals surface area contributed by atoms with Gasteiger partial charge >= 0.3 is 0 Å². The highest BCUT2D eigenvalue weighted by molar-refractivity contribution is 6.28. The second-order valence-corrected chi connectivity index (χ2v) is 2.68. The summed E-state index contributed by atoms with van der Waals surface area (Å²) in [4.78, 5) is 3.85. The monoisotopic (exact) mass is 167 g/mol. The standard InChI is InChI=1S/C7H6ClN3/c1-5-2-3-6-4-9-7(8)10-11(5)6/h2-4H,1H3. The van der Waals surface area contributed by atoms with Crippen molar-refractivity contribution in [1.82, 2.24) is 14.6 Å². The summed E-state index contributed by atoms with van der Waals surface area (Å²) in [6.07, 6.45) is 1.70. The van der Waals surface area contributed by atoms with Crippen molar-refractivity contribution in [3.63, 3.8) is 0 Å². The lowest BCUT2D eigenvalue weighted by molar-refractivity contribution is 0.872. The minimum atomic E-state index is 0.275. The smallest absolute Gasteiger partial charge is 0.234 e. The molecule has 2 rings (SSSR count). The SMILES string of the molecule is Cc1ccc2cnc(Cl)nn12. The van der Waals surface area contributed by atoms with Crippen LogP contribution in [0.3, 0.4) is 0 Å². The summed E-state index contributed by atoms with van der Waals surface area (Å²) in [5.41, 5.74) is 2.02. The van der Waals surface area contributed by atoms with Gasteiger partial charge in [0.05, 0.1) is 11.7 Å². The van der Waals surface area contributed by atoms with Gasteiger partial charge in [0.15, 0.2) is 0 Å². The maximum atomic E-state index is 5.60. The molecular weight excluding hydrogens is 162 g/mol. The van der Waals surface area contributed by atoms with Crippen LogP contribution in [-0.2, 0) is 0 Å². The van der Waals surface area contributed by atoms with Gasteiger partial charge in [-0.15, -0.1) is 5.10 Å². The molecule has 0 fully saturated rings. The van der Waals surface area contributed by atoms with E-state index < -0.39 is 0 Å². The molecule has 0 aromatic carbocycles. The molecule has 0 aliphatic carbocycles. The Labute approximate surface area is 68.6 Å². The number of hydrogen-bond acceptors (Lipinski definition) is 2. The molecule has 0 bridgehead atoms. The Morgan fingerprint density at radius 1 is 1.45 bits per heavy atom. The van der Waals surface area contributed by atoms with Gasteiger partial charge in [0.1, 0.15) is 0 Å². The molecule has 0 radical (unpaired) electrons. The van der Waals surface area contributed by atoms with E-state index in [0.29, 0.717) is 0 Å². The van der Waals surface area contributed by atoms with Crippen molar-refractivity contribution in [3.05, 3.63) is 29.3 Å². The molecule has 56 valence electrons. The second kappa shape index (κ2) is 2.20. The fourth-order valence-corrected chi connectivity index (χ4v) is 1.14. The topological polar surface area (TPSA) is 30.2 Å². The second-order valence-electron chi connectivity index (χ2n) is 2.34. The summed E-state index contributed by atoms with van der Waals surface area (Å²) in [7, 11) is 0. The van der Waals surface area contributed by atoms with E-state index in [4.69, 9.17) is 11.6 Å². The number of halogens is 1. The molecule has 0 amide bonds. The lowest BCUT2D eigenvalue weighted by Gasteiger charge is -1.94. The van der Waals surface area contributed by atoms with Crippen LogP contribution >= 0.6 is 11.6 Å². The Morgan fingerprint density at radius 3 is 3.09 bits per heavy atom. The first-order valence-corrected chi connectivity index (χ1v) is 3.62. The van der Waals surface area contributed by atoms with Crippen molar-refractivity contribution in [1.29, 1.82) is 0 Å². The Morgan fingerprint density at radius 2 is 2.27 bits per heavy atom. The van der Waals surface area contributed by atoms with Crippen molar-refractivity contribution >= 4 is 17.1 Å². The zero-order valence-electron chi connectivity index (χ0n) is 5.95. The van der Waals surface area contributed by atoms with E-state index in [2.05, 4.69) is 10.1 Å². The highest BCUT2D eigenvalue weighted by Gasteiger charge is 1.98. The zero-order valence-corrected chi connectivity index (χ0v) is 6.71. The fraction of sp³-hybridized carbons (Fsp3) is 0.143. The van der Waals surface area contributed by atoms with Crippen molar-refractivity contribution < 1.29 is 0 Å². The molecule has 2 heterocycles. The summed E-state index contributed by atoms with van der Waals surface area (Å²) in [6.45, 7) is 1.97. The largest absolute Gasteiger partial charge is 0.241 e. The van der Waals surface area contributed by atoms with Crippen LogP contribution in [0.25, 0.3) is 5.52 Å². The Bertz CT molecular complexity index is 393. The number of aryl methyl sites for hydroxylation is 1. The molecule has 0 saturated carbocycles. The van der Waals surface area contributed by atoms with E-state index in [-0.39, 0.29) is 5.28 Å². The molecule has 11 heavy (non-hydrogen) atoms. The van der Waals surface area contributed by atoms with Gasteiger partial charge in [-0.1, -0.05) is 0 Å². The molecule has 0 aliphatic heterocycles. The molecule has 2 aromatic heterocycles. The van der Waals surface area contributed by atoms with E-state index in [1.165, 1.54) is 0 Å². The van der Waals surface area contributed by atoms with E-state index in [1.807, 2.05) is 19.1 Å². The number of hydrogen-bond donors (Lipinski definition) is 0. The van der Waals surface area contributed by atoms with E-state index in [0.717, 1.165) is 11.2 Å². The first kappa shape index (κ1) is 6.61. The predicted molar refractivity (Wildman–Crippen MR) is 42.7 cm³/mol. The van der Waals surface area contributed by atoms with Crippen molar-refractivity contribution in [3.8, 4) is 0 Å². The van der Waals surface area contributed by atoms with Gasteiger partial charge in [0, 0.05) is 5.69 Å². The summed E-state index contributed by atoms with van der Waals surface area (Å²) < 4.78 is 1.76. The quantitative estimate of drug-likeness (QED) is 0.598. The van der Waals surface area contributed by atoms with E-state index in [9.17, 15) is 0 Å². The average molecular weight is 168 g/mol. The Hall–Kier alpha value is -1.09. The van der Waals surface area contributed by atoms with Crippen molar-refractivity contribution in [2.24, 2.45) is 0 Å². The van der Waals surface area contributed by atoms with E-state index in [1.54, 1.807) is 10.7 Å². The summed E-state index contributed by atoms with van der Waals surface area (Å²) in [5, 5.41) is 4.28. The molecule has 0 N–H and O–H groups in total. The normalized spacial score (nSPS) is 10.7. The molecule has 0 saturated heterocycles. The van der Waals surface area contributed by atoms with Gasteiger partial charge in [-0.3, -0.25) is 0 Å². The minimum Gasteiger partial charge on any atom is -0.234 e. The molecule has 0 unspecified atom stereocenters. The van der Waals surface area contributed by atoms with E-state index >= 15 is 0 Å². The lowest BCUT2D eigenvalue weighted by Crippen LogP contribution is -1.94. The first-order valence-electron chi connectivity index (χ1n) is 3.24. The minimum absolute atomic E-state index is 0.275. The van der Waals surface area contributed by atoms with Crippen LogP contribution < -0.4 is 0 Å². The van der Waals surface area contributed by atoms with Crippen LogP contribution in [0.5, 0.6) is 0 Å². The summed E-state index contributed by atoms with van der Waals surface area (Å²) in [6, 6.07) is 3.92. The first-order chi connectivity index (χ1) is 5.27. The number of aromatic nitrogens is 3. The average Bonchev–Trinajstić information content (AvgIpc) is 2.33. The van der Waals surface area contributed by atoms with Crippen LogP contribution in [0.2, 0.25) is 5.28 Å². The molecule has 0 atom stereocenters. The Kier molecular flexibility index (Phi) is 1.32. The van der Waals surface area contributed by atoms with Crippen LogP contribution in [-0.4, -0.2) is 14.6 Å². The third-order valence-corrected chi connectivity index (χ3v) is 1.73. The summed E-state index contributed by atoms with van der Waals surface area (Å²) in [5.74, 6) is 0. The zero-order chi connectivity index (χ0) is 7.84. The molecular formula is C7H6ClN3. The van der Waals surface area contributed by atoms with Crippen LogP contribution in [0.4, 0.5) is 0 Å². The molecule has 4 heteroatoms. The van der Waals surface area contributed by atoms with Crippen molar-refractivity contribution in [2.45, 2.75) is 6.92 Å². The van der Waals surface area contributed by atoms with Gasteiger partial charge in [-0.05, 0) is 30.7 Å². The van der Waals surface area contributed by atoms with Gasteiger partial charge < -0.3 is 0 Å².